The molecule has 92 valence electrons. The molecule has 1 heteroatoms. The van der Waals surface area contributed by atoms with Gasteiger partial charge in [-0.1, -0.05) is 67.3 Å². The minimum atomic E-state index is 0.319. The van der Waals surface area contributed by atoms with Crippen LogP contribution in [0.15, 0.2) is 61.2 Å². The zero-order chi connectivity index (χ0) is 12.8. The molecular weight excluding hydrogens is 218 g/mol. The van der Waals surface area contributed by atoms with Crippen molar-refractivity contribution in [1.29, 1.82) is 0 Å². The molecule has 0 radical (unpaired) electrons. The zero-order valence-electron chi connectivity index (χ0n) is 10.8. The predicted molar refractivity (Wildman–Crippen MR) is 78.2 cm³/mol. The normalized spacial score (nSPS) is 12.1. The summed E-state index contributed by atoms with van der Waals surface area (Å²) in [7, 11) is 0. The maximum Gasteiger partial charge on any atom is 0.0300 e. The van der Waals surface area contributed by atoms with Crippen LogP contribution >= 0.6 is 0 Å². The van der Waals surface area contributed by atoms with E-state index in [9.17, 15) is 0 Å². The molecule has 2 aromatic carbocycles. The van der Waals surface area contributed by atoms with E-state index < -0.39 is 0 Å². The highest BCUT2D eigenvalue weighted by atomic mass is 14.9. The van der Waals surface area contributed by atoms with Gasteiger partial charge < -0.3 is 5.32 Å². The highest BCUT2D eigenvalue weighted by Gasteiger charge is 2.07. The molecule has 0 spiro atoms. The summed E-state index contributed by atoms with van der Waals surface area (Å²) in [6.45, 7) is 6.93. The van der Waals surface area contributed by atoms with Crippen LogP contribution in [0.25, 0.3) is 6.08 Å². The average Bonchev–Trinajstić information content (AvgIpc) is 2.45. The Morgan fingerprint density at radius 1 is 1.06 bits per heavy atom. The van der Waals surface area contributed by atoms with Crippen LogP contribution in [-0.2, 0) is 6.54 Å². The quantitative estimate of drug-likeness (QED) is 0.822. The molecule has 18 heavy (non-hydrogen) atoms. The topological polar surface area (TPSA) is 12.0 Å². The third kappa shape index (κ3) is 3.08. The summed E-state index contributed by atoms with van der Waals surface area (Å²) in [5.74, 6) is 0. The molecule has 1 unspecified atom stereocenters. The van der Waals surface area contributed by atoms with Gasteiger partial charge in [0.25, 0.3) is 0 Å². The molecule has 2 aromatic rings. The van der Waals surface area contributed by atoms with Crippen LogP contribution in [0.3, 0.4) is 0 Å². The lowest BCUT2D eigenvalue weighted by Crippen LogP contribution is -2.18. The molecule has 0 fully saturated rings. The number of hydrogen-bond acceptors (Lipinski definition) is 1. The second kappa shape index (κ2) is 6.18. The Labute approximate surface area is 109 Å². The van der Waals surface area contributed by atoms with Gasteiger partial charge in [0.15, 0.2) is 0 Å². The summed E-state index contributed by atoms with van der Waals surface area (Å²) >= 11 is 0. The molecule has 2 rings (SSSR count). The van der Waals surface area contributed by atoms with Crippen molar-refractivity contribution >= 4 is 6.08 Å². The Balaban J connectivity index is 2.04. The molecule has 0 bridgehead atoms. The predicted octanol–water partition coefficient (Wildman–Crippen LogP) is 4.18. The monoisotopic (exact) mass is 237 g/mol. The summed E-state index contributed by atoms with van der Waals surface area (Å²) in [6.07, 6.45) is 1.91. The van der Waals surface area contributed by atoms with Crippen LogP contribution in [-0.4, -0.2) is 0 Å². The molecule has 0 heterocycles. The standard InChI is InChI=1S/C17H19N/c1-3-16-11-7-8-12-17(16)14(2)18-13-15-9-5-4-6-10-15/h3-12,14,18H,1,13H2,2H3. The lowest BCUT2D eigenvalue weighted by molar-refractivity contribution is 0.574. The number of hydrogen-bond donors (Lipinski definition) is 1. The fourth-order valence-electron chi connectivity index (χ4n) is 2.07. The van der Waals surface area contributed by atoms with Gasteiger partial charge in [-0.15, -0.1) is 0 Å². The fourth-order valence-corrected chi connectivity index (χ4v) is 2.07. The van der Waals surface area contributed by atoms with E-state index in [1.165, 1.54) is 16.7 Å². The van der Waals surface area contributed by atoms with Crippen LogP contribution in [0, 0.1) is 0 Å². The fraction of sp³-hybridized carbons (Fsp3) is 0.176. The van der Waals surface area contributed by atoms with Crippen molar-refractivity contribution in [2.75, 3.05) is 0 Å². The van der Waals surface area contributed by atoms with Crippen LogP contribution in [0.5, 0.6) is 0 Å². The molecule has 0 saturated carbocycles. The minimum Gasteiger partial charge on any atom is -0.306 e. The zero-order valence-corrected chi connectivity index (χ0v) is 10.8. The molecule has 0 amide bonds. The first-order valence-corrected chi connectivity index (χ1v) is 6.30. The number of benzene rings is 2. The largest absolute Gasteiger partial charge is 0.306 e. The van der Waals surface area contributed by atoms with Crippen molar-refractivity contribution in [3.05, 3.63) is 77.9 Å². The van der Waals surface area contributed by atoms with E-state index in [2.05, 4.69) is 61.3 Å². The Morgan fingerprint density at radius 2 is 1.72 bits per heavy atom. The van der Waals surface area contributed by atoms with E-state index in [1.54, 1.807) is 0 Å². The highest BCUT2D eigenvalue weighted by molar-refractivity contribution is 5.52. The molecule has 0 saturated heterocycles. The molecule has 0 aliphatic rings. The third-order valence-electron chi connectivity index (χ3n) is 3.14. The highest BCUT2D eigenvalue weighted by Crippen LogP contribution is 2.19. The summed E-state index contributed by atoms with van der Waals surface area (Å²) < 4.78 is 0. The van der Waals surface area contributed by atoms with Crippen molar-refractivity contribution in [3.8, 4) is 0 Å². The molecule has 0 aliphatic heterocycles. The van der Waals surface area contributed by atoms with Crippen LogP contribution in [0.2, 0.25) is 0 Å². The van der Waals surface area contributed by atoms with Gasteiger partial charge in [0.05, 0.1) is 0 Å². The van der Waals surface area contributed by atoms with E-state index in [0.717, 1.165) is 6.54 Å². The lowest BCUT2D eigenvalue weighted by atomic mass is 10.0. The second-order valence-corrected chi connectivity index (χ2v) is 4.42. The van der Waals surface area contributed by atoms with Crippen molar-refractivity contribution < 1.29 is 0 Å². The van der Waals surface area contributed by atoms with Gasteiger partial charge in [-0.05, 0) is 23.6 Å². The van der Waals surface area contributed by atoms with Crippen LogP contribution in [0.4, 0.5) is 0 Å². The molecule has 1 nitrogen and oxygen atoms in total. The van der Waals surface area contributed by atoms with E-state index in [4.69, 9.17) is 0 Å². The van der Waals surface area contributed by atoms with Crippen molar-refractivity contribution in [3.63, 3.8) is 0 Å². The van der Waals surface area contributed by atoms with Crippen molar-refractivity contribution in [2.45, 2.75) is 19.5 Å². The van der Waals surface area contributed by atoms with Crippen molar-refractivity contribution in [1.82, 2.24) is 5.32 Å². The van der Waals surface area contributed by atoms with E-state index in [-0.39, 0.29) is 0 Å². The number of nitrogens with one attached hydrogen (secondary N) is 1. The first-order valence-electron chi connectivity index (χ1n) is 6.30. The molecule has 0 aliphatic carbocycles. The average molecular weight is 237 g/mol. The molecule has 1 atom stereocenters. The Kier molecular flexibility index (Phi) is 4.32. The Hall–Kier alpha value is -1.86. The van der Waals surface area contributed by atoms with Gasteiger partial charge in [-0.3, -0.25) is 0 Å². The summed E-state index contributed by atoms with van der Waals surface area (Å²) in [5.41, 5.74) is 3.80. The summed E-state index contributed by atoms with van der Waals surface area (Å²) in [5, 5.41) is 3.54. The molecule has 0 aromatic heterocycles. The lowest BCUT2D eigenvalue weighted by Gasteiger charge is -2.16. The maximum atomic E-state index is 3.86. The van der Waals surface area contributed by atoms with E-state index in [0.29, 0.717) is 6.04 Å². The smallest absolute Gasteiger partial charge is 0.0300 e. The van der Waals surface area contributed by atoms with E-state index >= 15 is 0 Å². The van der Waals surface area contributed by atoms with Gasteiger partial charge in [0.1, 0.15) is 0 Å². The summed E-state index contributed by atoms with van der Waals surface area (Å²) in [6, 6.07) is 19.1. The third-order valence-corrected chi connectivity index (χ3v) is 3.14. The van der Waals surface area contributed by atoms with Gasteiger partial charge in [0.2, 0.25) is 0 Å². The second-order valence-electron chi connectivity index (χ2n) is 4.42. The van der Waals surface area contributed by atoms with Crippen LogP contribution < -0.4 is 5.32 Å². The van der Waals surface area contributed by atoms with Gasteiger partial charge in [-0.2, -0.15) is 0 Å². The minimum absolute atomic E-state index is 0.319. The van der Waals surface area contributed by atoms with Gasteiger partial charge in [0, 0.05) is 12.6 Å². The van der Waals surface area contributed by atoms with Gasteiger partial charge >= 0.3 is 0 Å². The SMILES string of the molecule is C=Cc1ccccc1C(C)NCc1ccccc1. The molecular formula is C17H19N. The van der Waals surface area contributed by atoms with Gasteiger partial charge in [-0.25, -0.2) is 0 Å². The number of rotatable bonds is 5. The first-order chi connectivity index (χ1) is 8.81. The van der Waals surface area contributed by atoms with Crippen LogP contribution in [0.1, 0.15) is 29.7 Å². The van der Waals surface area contributed by atoms with E-state index in [1.807, 2.05) is 18.2 Å². The summed E-state index contributed by atoms with van der Waals surface area (Å²) in [4.78, 5) is 0. The van der Waals surface area contributed by atoms with Crippen molar-refractivity contribution in [2.24, 2.45) is 0 Å². The Bertz CT molecular complexity index is 502. The Morgan fingerprint density at radius 3 is 2.44 bits per heavy atom. The first kappa shape index (κ1) is 12.6. The maximum absolute atomic E-state index is 3.86. The molecule has 1 N–H and O–H groups in total.